The molecule has 0 aliphatic carbocycles. The van der Waals surface area contributed by atoms with Crippen LogP contribution < -0.4 is 0 Å². The minimum absolute atomic E-state index is 0.130. The van der Waals surface area contributed by atoms with Crippen LogP contribution in [-0.4, -0.2) is 28.9 Å². The highest BCUT2D eigenvalue weighted by Gasteiger charge is 2.46. The maximum absolute atomic E-state index is 12.8. The number of hydrogen-bond donors (Lipinski definition) is 0. The number of nitrogens with zero attached hydrogens (tertiary/aromatic N) is 1. The summed E-state index contributed by atoms with van der Waals surface area (Å²) in [5.74, 6) is 1.85. The predicted molar refractivity (Wildman–Crippen MR) is 57.8 cm³/mol. The average Bonchev–Trinajstić information content (AvgIpc) is 2.41. The molecule has 0 unspecified atom stereocenters. The predicted octanol–water partition coefficient (Wildman–Crippen LogP) is 2.76. The first-order chi connectivity index (χ1) is 6.79. The molecular formula is C12H19F2N. The summed E-state index contributed by atoms with van der Waals surface area (Å²) in [6.07, 6.45) is 3.56. The third-order valence-electron chi connectivity index (χ3n) is 3.06. The fourth-order valence-corrected chi connectivity index (χ4v) is 2.64. The summed E-state index contributed by atoms with van der Waals surface area (Å²) in [7, 11) is 0. The van der Waals surface area contributed by atoms with Gasteiger partial charge in [-0.25, -0.2) is 8.78 Å². The molecule has 0 aromatic rings. The normalized spacial score (nSPS) is 33.3. The average molecular weight is 215 g/mol. The van der Waals surface area contributed by atoms with Gasteiger partial charge >= 0.3 is 0 Å². The van der Waals surface area contributed by atoms with Crippen LogP contribution in [0.15, 0.2) is 0 Å². The lowest BCUT2D eigenvalue weighted by Gasteiger charge is -2.38. The molecule has 1 rings (SSSR count). The number of rotatable bonds is 1. The summed E-state index contributed by atoms with van der Waals surface area (Å²) in [5.41, 5.74) is -0.153. The Morgan fingerprint density at radius 1 is 1.40 bits per heavy atom. The van der Waals surface area contributed by atoms with Crippen molar-refractivity contribution in [1.82, 2.24) is 4.90 Å². The standard InChI is InChI=1S/C12H19F2N/c1-6-10-9(11(13)14)7-8(2)15(10)12(3,4)5/h1,8-11H,7H2,2-5H3/t8-,9+,10-/m1/s1. The molecule has 1 fully saturated rings. The second kappa shape index (κ2) is 4.09. The van der Waals surface area contributed by atoms with E-state index in [1.54, 1.807) is 0 Å². The summed E-state index contributed by atoms with van der Waals surface area (Å²) < 4.78 is 25.6. The zero-order chi connectivity index (χ0) is 11.8. The molecule has 1 aliphatic heterocycles. The van der Waals surface area contributed by atoms with Gasteiger partial charge in [0, 0.05) is 17.5 Å². The van der Waals surface area contributed by atoms with Crippen molar-refractivity contribution < 1.29 is 8.78 Å². The molecule has 86 valence electrons. The Labute approximate surface area is 90.8 Å². The van der Waals surface area contributed by atoms with Crippen LogP contribution in [-0.2, 0) is 0 Å². The maximum Gasteiger partial charge on any atom is 0.243 e. The van der Waals surface area contributed by atoms with Gasteiger partial charge in [-0.05, 0) is 34.1 Å². The molecule has 3 atom stereocenters. The highest BCUT2D eigenvalue weighted by Crippen LogP contribution is 2.38. The summed E-state index contributed by atoms with van der Waals surface area (Å²) in [4.78, 5) is 2.03. The summed E-state index contributed by atoms with van der Waals surface area (Å²) >= 11 is 0. The Kier molecular flexibility index (Phi) is 3.40. The van der Waals surface area contributed by atoms with Crippen molar-refractivity contribution in [3.63, 3.8) is 0 Å². The smallest absolute Gasteiger partial charge is 0.243 e. The SMILES string of the molecule is C#C[C@@H]1[C@@H](C(F)F)C[C@@H](C)N1C(C)(C)C. The number of terminal acetylenes is 1. The van der Waals surface area contributed by atoms with Crippen LogP contribution in [0.5, 0.6) is 0 Å². The summed E-state index contributed by atoms with van der Waals surface area (Å²) in [6, 6.07) is -0.301. The van der Waals surface area contributed by atoms with Gasteiger partial charge < -0.3 is 0 Å². The highest BCUT2D eigenvalue weighted by molar-refractivity contribution is 5.12. The molecule has 0 spiro atoms. The lowest BCUT2D eigenvalue weighted by atomic mass is 9.99. The van der Waals surface area contributed by atoms with Gasteiger partial charge in [-0.1, -0.05) is 5.92 Å². The van der Waals surface area contributed by atoms with Crippen LogP contribution in [0.2, 0.25) is 0 Å². The first-order valence-corrected chi connectivity index (χ1v) is 5.31. The second-order valence-corrected chi connectivity index (χ2v) is 5.27. The van der Waals surface area contributed by atoms with Crippen LogP contribution in [0.3, 0.4) is 0 Å². The summed E-state index contributed by atoms with van der Waals surface area (Å²) in [5, 5.41) is 0. The van der Waals surface area contributed by atoms with Crippen molar-refractivity contribution in [1.29, 1.82) is 0 Å². The van der Waals surface area contributed by atoms with Gasteiger partial charge in [0.1, 0.15) is 0 Å². The Morgan fingerprint density at radius 2 is 1.93 bits per heavy atom. The molecule has 1 nitrogen and oxygen atoms in total. The van der Waals surface area contributed by atoms with Crippen LogP contribution in [0.4, 0.5) is 8.78 Å². The minimum atomic E-state index is -2.32. The van der Waals surface area contributed by atoms with Crippen molar-refractivity contribution in [2.45, 2.75) is 58.2 Å². The van der Waals surface area contributed by atoms with Crippen LogP contribution in [0.1, 0.15) is 34.1 Å². The first kappa shape index (κ1) is 12.4. The van der Waals surface area contributed by atoms with Crippen LogP contribution in [0, 0.1) is 18.3 Å². The van der Waals surface area contributed by atoms with E-state index in [1.165, 1.54) is 0 Å². The fourth-order valence-electron chi connectivity index (χ4n) is 2.64. The molecular weight excluding hydrogens is 196 g/mol. The second-order valence-electron chi connectivity index (χ2n) is 5.27. The monoisotopic (exact) mass is 215 g/mol. The minimum Gasteiger partial charge on any atom is -0.282 e. The number of likely N-dealkylation sites (tertiary alicyclic amines) is 1. The molecule has 0 saturated carbocycles. The van der Waals surface area contributed by atoms with Crippen molar-refractivity contribution in [2.75, 3.05) is 0 Å². The number of alkyl halides is 2. The third-order valence-corrected chi connectivity index (χ3v) is 3.06. The largest absolute Gasteiger partial charge is 0.282 e. The Morgan fingerprint density at radius 3 is 2.27 bits per heavy atom. The molecule has 0 aromatic heterocycles. The maximum atomic E-state index is 12.8. The van der Waals surface area contributed by atoms with Gasteiger partial charge in [0.15, 0.2) is 0 Å². The van der Waals surface area contributed by atoms with Crippen LogP contribution in [0.25, 0.3) is 0 Å². The fraction of sp³-hybridized carbons (Fsp3) is 0.833. The van der Waals surface area contributed by atoms with Crippen molar-refractivity contribution in [2.24, 2.45) is 5.92 Å². The lowest BCUT2D eigenvalue weighted by Crippen LogP contribution is -2.49. The van der Waals surface area contributed by atoms with E-state index in [0.717, 1.165) is 0 Å². The van der Waals surface area contributed by atoms with Gasteiger partial charge in [0.05, 0.1) is 6.04 Å². The van der Waals surface area contributed by atoms with Gasteiger partial charge in [0.2, 0.25) is 6.43 Å². The van der Waals surface area contributed by atoms with Gasteiger partial charge in [0.25, 0.3) is 0 Å². The van der Waals surface area contributed by atoms with Crippen molar-refractivity contribution >= 4 is 0 Å². The molecule has 1 saturated heterocycles. The van der Waals surface area contributed by atoms with E-state index < -0.39 is 18.4 Å². The van der Waals surface area contributed by atoms with E-state index in [1.807, 2.05) is 32.6 Å². The van der Waals surface area contributed by atoms with Crippen molar-refractivity contribution in [3.05, 3.63) is 0 Å². The Balaban J connectivity index is 2.95. The lowest BCUT2D eigenvalue weighted by molar-refractivity contribution is 0.0469. The Bertz CT molecular complexity index is 262. The van der Waals surface area contributed by atoms with E-state index >= 15 is 0 Å². The van der Waals surface area contributed by atoms with Crippen molar-refractivity contribution in [3.8, 4) is 12.3 Å². The van der Waals surface area contributed by atoms with Gasteiger partial charge in [-0.3, -0.25) is 4.90 Å². The molecule has 0 aromatic carbocycles. The van der Waals surface area contributed by atoms with Crippen LogP contribution >= 0.6 is 0 Å². The molecule has 0 amide bonds. The Hall–Kier alpha value is -0.620. The van der Waals surface area contributed by atoms with E-state index in [9.17, 15) is 8.78 Å². The zero-order valence-electron chi connectivity index (χ0n) is 9.80. The van der Waals surface area contributed by atoms with E-state index in [2.05, 4.69) is 5.92 Å². The highest BCUT2D eigenvalue weighted by atomic mass is 19.3. The number of hydrogen-bond acceptors (Lipinski definition) is 1. The van der Waals surface area contributed by atoms with Gasteiger partial charge in [-0.2, -0.15) is 0 Å². The number of halogens is 2. The quantitative estimate of drug-likeness (QED) is 0.608. The molecule has 15 heavy (non-hydrogen) atoms. The molecule has 1 heterocycles. The topological polar surface area (TPSA) is 3.24 Å². The van der Waals surface area contributed by atoms with E-state index in [-0.39, 0.29) is 11.6 Å². The molecule has 3 heteroatoms. The molecule has 1 aliphatic rings. The molecule has 0 N–H and O–H groups in total. The van der Waals surface area contributed by atoms with E-state index in [0.29, 0.717) is 6.42 Å². The summed E-state index contributed by atoms with van der Waals surface area (Å²) in [6.45, 7) is 8.02. The zero-order valence-corrected chi connectivity index (χ0v) is 9.80. The van der Waals surface area contributed by atoms with E-state index in [4.69, 9.17) is 6.42 Å². The molecule has 0 bridgehead atoms. The molecule has 0 radical (unpaired) electrons. The van der Waals surface area contributed by atoms with Gasteiger partial charge in [-0.15, -0.1) is 6.42 Å². The first-order valence-electron chi connectivity index (χ1n) is 5.31. The third kappa shape index (κ3) is 2.31.